The van der Waals surface area contributed by atoms with Crippen molar-refractivity contribution in [3.8, 4) is 17.0 Å². The molecule has 0 radical (unpaired) electrons. The predicted octanol–water partition coefficient (Wildman–Crippen LogP) is 3.69. The number of halogens is 1. The lowest BCUT2D eigenvalue weighted by Crippen LogP contribution is -2.35. The van der Waals surface area contributed by atoms with Crippen LogP contribution < -0.4 is 15.4 Å². The number of hydrogen-bond donors (Lipinski definition) is 2. The summed E-state index contributed by atoms with van der Waals surface area (Å²) in [5.74, 6) is 0.900. The van der Waals surface area contributed by atoms with Crippen molar-refractivity contribution in [2.24, 2.45) is 0 Å². The second kappa shape index (κ2) is 8.81. The Bertz CT molecular complexity index is 943. The van der Waals surface area contributed by atoms with Gasteiger partial charge in [-0.05, 0) is 49.5 Å². The molecule has 8 heteroatoms. The van der Waals surface area contributed by atoms with Gasteiger partial charge < -0.3 is 20.1 Å². The molecule has 0 spiro atoms. The summed E-state index contributed by atoms with van der Waals surface area (Å²) in [7, 11) is 1.60. The minimum Gasteiger partial charge on any atom is -0.490 e. The molecule has 2 aromatic heterocycles. The maximum absolute atomic E-state index is 13.8. The molecule has 4 rings (SSSR count). The first-order valence-corrected chi connectivity index (χ1v) is 10.3. The van der Waals surface area contributed by atoms with E-state index in [2.05, 4.69) is 20.8 Å². The fraction of sp³-hybridized carbons (Fsp3) is 0.400. The summed E-state index contributed by atoms with van der Waals surface area (Å²) < 4.78 is 25.6. The Morgan fingerprint density at radius 2 is 2.07 bits per heavy atom. The van der Waals surface area contributed by atoms with Gasteiger partial charge in [0.25, 0.3) is 0 Å². The van der Waals surface area contributed by atoms with E-state index in [4.69, 9.17) is 9.47 Å². The maximum Gasteiger partial charge on any atom is 0.166 e. The van der Waals surface area contributed by atoms with Gasteiger partial charge in [0.05, 0.1) is 11.3 Å². The van der Waals surface area contributed by atoms with Crippen LogP contribution in [0.1, 0.15) is 12.8 Å². The Kier molecular flexibility index (Phi) is 5.99. The number of fused-ring (bicyclic) bond motifs is 1. The van der Waals surface area contributed by atoms with E-state index in [0.717, 1.165) is 47.4 Å². The Morgan fingerprint density at radius 3 is 2.89 bits per heavy atom. The van der Waals surface area contributed by atoms with Crippen LogP contribution in [0.25, 0.3) is 21.3 Å². The van der Waals surface area contributed by atoms with Crippen LogP contribution in [-0.2, 0) is 4.74 Å². The highest BCUT2D eigenvalue weighted by atomic mass is 32.1. The summed E-state index contributed by atoms with van der Waals surface area (Å²) in [5, 5.41) is 18.9. The molecular weight excluding hydrogens is 379 g/mol. The number of benzene rings is 1. The normalized spacial score (nSPS) is 15.1. The SMILES string of the molecule is COCCOc1cc(F)ccc1-c1nnc(NC2CCNCC2)c2sccc12. The average Bonchev–Trinajstić information content (AvgIpc) is 3.20. The minimum atomic E-state index is -0.352. The first-order chi connectivity index (χ1) is 13.8. The van der Waals surface area contributed by atoms with Gasteiger partial charge in [-0.15, -0.1) is 21.5 Å². The first kappa shape index (κ1) is 19.0. The van der Waals surface area contributed by atoms with Crippen LogP contribution in [0.4, 0.5) is 10.2 Å². The maximum atomic E-state index is 13.8. The molecule has 0 aliphatic carbocycles. The number of nitrogens with zero attached hydrogens (tertiary/aromatic N) is 2. The number of ether oxygens (including phenoxy) is 2. The summed E-state index contributed by atoms with van der Waals surface area (Å²) >= 11 is 1.63. The van der Waals surface area contributed by atoms with Gasteiger partial charge >= 0.3 is 0 Å². The van der Waals surface area contributed by atoms with E-state index in [9.17, 15) is 4.39 Å². The van der Waals surface area contributed by atoms with Gasteiger partial charge in [-0.25, -0.2) is 4.39 Å². The molecule has 28 heavy (non-hydrogen) atoms. The lowest BCUT2D eigenvalue weighted by molar-refractivity contribution is 0.146. The molecule has 3 heterocycles. The highest BCUT2D eigenvalue weighted by Gasteiger charge is 2.19. The standard InChI is InChI=1S/C20H23FN4O2S/c1-26-9-10-27-17-12-13(21)2-3-15(17)18-16-6-11-28-19(16)20(25-24-18)23-14-4-7-22-8-5-14/h2-3,6,11-12,14,22H,4-5,7-10H2,1H3,(H,23,25). The zero-order valence-corrected chi connectivity index (χ0v) is 16.5. The van der Waals surface area contributed by atoms with Crippen molar-refractivity contribution < 1.29 is 13.9 Å². The topological polar surface area (TPSA) is 68.3 Å². The molecule has 0 saturated carbocycles. The van der Waals surface area contributed by atoms with E-state index in [1.807, 2.05) is 11.4 Å². The third-order valence-electron chi connectivity index (χ3n) is 4.81. The van der Waals surface area contributed by atoms with Crippen LogP contribution >= 0.6 is 11.3 Å². The Morgan fingerprint density at radius 1 is 1.21 bits per heavy atom. The van der Waals surface area contributed by atoms with Gasteiger partial charge in [-0.3, -0.25) is 0 Å². The lowest BCUT2D eigenvalue weighted by Gasteiger charge is -2.24. The van der Waals surface area contributed by atoms with Gasteiger partial charge in [-0.2, -0.15) is 0 Å². The van der Waals surface area contributed by atoms with E-state index in [1.165, 1.54) is 12.1 Å². The molecular formula is C20H23FN4O2S. The molecule has 0 unspecified atom stereocenters. The van der Waals surface area contributed by atoms with Gasteiger partial charge in [0.15, 0.2) is 5.82 Å². The predicted molar refractivity (Wildman–Crippen MR) is 110 cm³/mol. The van der Waals surface area contributed by atoms with Gasteiger partial charge in [0.1, 0.15) is 23.9 Å². The number of thiophene rings is 1. The molecule has 1 aliphatic rings. The number of anilines is 1. The quantitative estimate of drug-likeness (QED) is 0.588. The zero-order chi connectivity index (χ0) is 19.3. The number of rotatable bonds is 7. The molecule has 3 aromatic rings. The fourth-order valence-electron chi connectivity index (χ4n) is 3.38. The number of piperidine rings is 1. The van der Waals surface area contributed by atoms with E-state index < -0.39 is 0 Å². The first-order valence-electron chi connectivity index (χ1n) is 9.39. The number of nitrogens with one attached hydrogen (secondary N) is 2. The molecule has 1 fully saturated rings. The summed E-state index contributed by atoms with van der Waals surface area (Å²) in [6.07, 6.45) is 2.12. The van der Waals surface area contributed by atoms with Gasteiger partial charge in [0, 0.05) is 30.2 Å². The molecule has 0 atom stereocenters. The van der Waals surface area contributed by atoms with Gasteiger partial charge in [-0.1, -0.05) is 0 Å². The largest absolute Gasteiger partial charge is 0.490 e. The van der Waals surface area contributed by atoms with Crippen LogP contribution in [0.15, 0.2) is 29.6 Å². The summed E-state index contributed by atoms with van der Waals surface area (Å²) in [6.45, 7) is 2.78. The summed E-state index contributed by atoms with van der Waals surface area (Å²) in [6, 6.07) is 6.91. The minimum absolute atomic E-state index is 0.336. The van der Waals surface area contributed by atoms with E-state index in [-0.39, 0.29) is 5.82 Å². The highest BCUT2D eigenvalue weighted by Crippen LogP contribution is 2.38. The molecule has 0 bridgehead atoms. The monoisotopic (exact) mass is 402 g/mol. The van der Waals surface area contributed by atoms with Crippen LogP contribution in [0.2, 0.25) is 0 Å². The zero-order valence-electron chi connectivity index (χ0n) is 15.7. The van der Waals surface area contributed by atoms with Crippen LogP contribution in [-0.4, -0.2) is 49.7 Å². The fourth-order valence-corrected chi connectivity index (χ4v) is 4.22. The van der Waals surface area contributed by atoms with E-state index >= 15 is 0 Å². The van der Waals surface area contributed by atoms with Crippen molar-refractivity contribution in [1.29, 1.82) is 0 Å². The molecule has 1 aliphatic heterocycles. The second-order valence-corrected chi connectivity index (χ2v) is 7.63. The Hall–Kier alpha value is -2.29. The number of hydrogen-bond acceptors (Lipinski definition) is 7. The van der Waals surface area contributed by atoms with Crippen molar-refractivity contribution in [2.45, 2.75) is 18.9 Å². The molecule has 0 amide bonds. The van der Waals surface area contributed by atoms with Crippen LogP contribution in [0.5, 0.6) is 5.75 Å². The number of aromatic nitrogens is 2. The van der Waals surface area contributed by atoms with E-state index in [1.54, 1.807) is 24.5 Å². The Balaban J connectivity index is 1.68. The van der Waals surface area contributed by atoms with Gasteiger partial charge in [0.2, 0.25) is 0 Å². The lowest BCUT2D eigenvalue weighted by atomic mass is 10.1. The smallest absolute Gasteiger partial charge is 0.166 e. The van der Waals surface area contributed by atoms with Crippen molar-refractivity contribution >= 4 is 27.2 Å². The van der Waals surface area contributed by atoms with Crippen LogP contribution in [0.3, 0.4) is 0 Å². The third-order valence-corrected chi connectivity index (χ3v) is 5.73. The number of methoxy groups -OCH3 is 1. The molecule has 6 nitrogen and oxygen atoms in total. The molecule has 2 N–H and O–H groups in total. The third kappa shape index (κ3) is 4.09. The molecule has 1 saturated heterocycles. The van der Waals surface area contributed by atoms with Crippen molar-refractivity contribution in [2.75, 3.05) is 38.7 Å². The van der Waals surface area contributed by atoms with Crippen molar-refractivity contribution in [1.82, 2.24) is 15.5 Å². The second-order valence-electron chi connectivity index (χ2n) is 6.71. The summed E-state index contributed by atoms with van der Waals surface area (Å²) in [4.78, 5) is 0. The highest BCUT2D eigenvalue weighted by molar-refractivity contribution is 7.17. The summed E-state index contributed by atoms with van der Waals surface area (Å²) in [5.41, 5.74) is 1.42. The van der Waals surface area contributed by atoms with Crippen LogP contribution in [0, 0.1) is 5.82 Å². The van der Waals surface area contributed by atoms with E-state index in [0.29, 0.717) is 30.7 Å². The Labute approximate surface area is 167 Å². The van der Waals surface area contributed by atoms with Crippen molar-refractivity contribution in [3.05, 3.63) is 35.5 Å². The van der Waals surface area contributed by atoms with Crippen molar-refractivity contribution in [3.63, 3.8) is 0 Å². The molecule has 148 valence electrons. The average molecular weight is 402 g/mol. The molecule has 1 aromatic carbocycles.